The lowest BCUT2D eigenvalue weighted by Gasteiger charge is -2.22. The molecule has 106 valence electrons. The Morgan fingerprint density at radius 1 is 1.35 bits per heavy atom. The third-order valence-corrected chi connectivity index (χ3v) is 4.17. The van der Waals surface area contributed by atoms with Gasteiger partial charge in [0.2, 0.25) is 0 Å². The molecular formula is C16H20N2OS. The van der Waals surface area contributed by atoms with Gasteiger partial charge >= 0.3 is 0 Å². The Kier molecular flexibility index (Phi) is 4.79. The number of nitrogens with zero attached hydrogens (tertiary/aromatic N) is 1. The Hall–Kier alpha value is -1.81. The second-order valence-electron chi connectivity index (χ2n) is 4.90. The highest BCUT2D eigenvalue weighted by Gasteiger charge is 2.18. The number of hydrogen-bond acceptors (Lipinski definition) is 3. The largest absolute Gasteiger partial charge is 0.399 e. The van der Waals surface area contributed by atoms with Gasteiger partial charge in [0.15, 0.2) is 0 Å². The number of amides is 1. The summed E-state index contributed by atoms with van der Waals surface area (Å²) in [5, 5.41) is 1.97. The van der Waals surface area contributed by atoms with Gasteiger partial charge in [0, 0.05) is 18.8 Å². The number of anilines is 1. The summed E-state index contributed by atoms with van der Waals surface area (Å²) in [5.41, 5.74) is 8.66. The average Bonchev–Trinajstić information content (AvgIpc) is 2.84. The molecule has 1 heterocycles. The second-order valence-corrected chi connectivity index (χ2v) is 5.82. The van der Waals surface area contributed by atoms with Gasteiger partial charge in [0.05, 0.1) is 4.88 Å². The summed E-state index contributed by atoms with van der Waals surface area (Å²) in [4.78, 5) is 15.3. The van der Waals surface area contributed by atoms with Crippen LogP contribution in [0.1, 0.15) is 34.1 Å². The SMILES string of the molecule is CCCN(Cc1cccc(N)c1)C(=O)c1sccc1C. The van der Waals surface area contributed by atoms with Crippen LogP contribution < -0.4 is 5.73 Å². The maximum atomic E-state index is 12.6. The number of hydrogen-bond donors (Lipinski definition) is 1. The monoisotopic (exact) mass is 288 g/mol. The van der Waals surface area contributed by atoms with Crippen LogP contribution in [0.15, 0.2) is 35.7 Å². The van der Waals surface area contributed by atoms with Crippen LogP contribution in [0.3, 0.4) is 0 Å². The molecule has 0 spiro atoms. The summed E-state index contributed by atoms with van der Waals surface area (Å²) in [6.45, 7) is 5.43. The Labute approximate surface area is 124 Å². The molecule has 20 heavy (non-hydrogen) atoms. The Balaban J connectivity index is 2.19. The maximum absolute atomic E-state index is 12.6. The van der Waals surface area contributed by atoms with Crippen molar-refractivity contribution < 1.29 is 4.79 Å². The van der Waals surface area contributed by atoms with E-state index < -0.39 is 0 Å². The molecule has 3 nitrogen and oxygen atoms in total. The van der Waals surface area contributed by atoms with Gasteiger partial charge in [0.1, 0.15) is 0 Å². The fourth-order valence-electron chi connectivity index (χ4n) is 2.17. The number of carbonyl (C=O) groups excluding carboxylic acids is 1. The van der Waals surface area contributed by atoms with E-state index in [1.165, 1.54) is 11.3 Å². The first kappa shape index (κ1) is 14.6. The van der Waals surface area contributed by atoms with E-state index in [1.54, 1.807) is 0 Å². The van der Waals surface area contributed by atoms with Crippen LogP contribution in [0.5, 0.6) is 0 Å². The molecule has 0 atom stereocenters. The molecule has 0 unspecified atom stereocenters. The molecule has 2 N–H and O–H groups in total. The number of carbonyl (C=O) groups is 1. The zero-order valence-electron chi connectivity index (χ0n) is 11.9. The smallest absolute Gasteiger partial charge is 0.264 e. The van der Waals surface area contributed by atoms with Crippen molar-refractivity contribution in [3.05, 3.63) is 51.7 Å². The topological polar surface area (TPSA) is 46.3 Å². The molecule has 0 aliphatic heterocycles. The first-order valence-electron chi connectivity index (χ1n) is 6.79. The number of nitrogen functional groups attached to an aromatic ring is 1. The van der Waals surface area contributed by atoms with Crippen molar-refractivity contribution in [3.63, 3.8) is 0 Å². The summed E-state index contributed by atoms with van der Waals surface area (Å²) in [5.74, 6) is 0.113. The van der Waals surface area contributed by atoms with Gasteiger partial charge in [0.25, 0.3) is 5.91 Å². The van der Waals surface area contributed by atoms with Crippen LogP contribution in [0.25, 0.3) is 0 Å². The molecule has 0 aliphatic rings. The first-order valence-corrected chi connectivity index (χ1v) is 7.67. The fourth-order valence-corrected chi connectivity index (χ4v) is 3.06. The predicted molar refractivity (Wildman–Crippen MR) is 84.9 cm³/mol. The standard InChI is InChI=1S/C16H20N2OS/c1-3-8-18(11-13-5-4-6-14(17)10-13)16(19)15-12(2)7-9-20-15/h4-7,9-10H,3,8,11,17H2,1-2H3. The number of rotatable bonds is 5. The highest BCUT2D eigenvalue weighted by molar-refractivity contribution is 7.12. The third kappa shape index (κ3) is 3.39. The number of nitrogens with two attached hydrogens (primary N) is 1. The highest BCUT2D eigenvalue weighted by atomic mass is 32.1. The summed E-state index contributed by atoms with van der Waals surface area (Å²) in [6.07, 6.45) is 0.943. The van der Waals surface area contributed by atoms with Gasteiger partial charge in [-0.2, -0.15) is 0 Å². The summed E-state index contributed by atoms with van der Waals surface area (Å²) < 4.78 is 0. The van der Waals surface area contributed by atoms with Gasteiger partial charge in [-0.1, -0.05) is 19.1 Å². The van der Waals surface area contributed by atoms with E-state index >= 15 is 0 Å². The molecule has 2 aromatic rings. The fraction of sp³-hybridized carbons (Fsp3) is 0.312. The molecular weight excluding hydrogens is 268 g/mol. The van der Waals surface area contributed by atoms with Crippen LogP contribution in [0, 0.1) is 6.92 Å². The van der Waals surface area contributed by atoms with Crippen molar-refractivity contribution in [3.8, 4) is 0 Å². The van der Waals surface area contributed by atoms with E-state index in [1.807, 2.05) is 47.5 Å². The Bertz CT molecular complexity index is 592. The second kappa shape index (κ2) is 6.57. The van der Waals surface area contributed by atoms with E-state index in [0.717, 1.165) is 34.7 Å². The van der Waals surface area contributed by atoms with Crippen molar-refractivity contribution in [1.82, 2.24) is 4.90 Å². The van der Waals surface area contributed by atoms with E-state index in [0.29, 0.717) is 6.54 Å². The lowest BCUT2D eigenvalue weighted by Crippen LogP contribution is -2.31. The lowest BCUT2D eigenvalue weighted by atomic mass is 10.1. The molecule has 0 saturated carbocycles. The number of benzene rings is 1. The molecule has 1 amide bonds. The quantitative estimate of drug-likeness (QED) is 0.853. The molecule has 0 aliphatic carbocycles. The maximum Gasteiger partial charge on any atom is 0.264 e. The van der Waals surface area contributed by atoms with Crippen LogP contribution >= 0.6 is 11.3 Å². The minimum atomic E-state index is 0.113. The molecule has 0 bridgehead atoms. The predicted octanol–water partition coefficient (Wildman–Crippen LogP) is 3.69. The van der Waals surface area contributed by atoms with E-state index in [2.05, 4.69) is 6.92 Å². The van der Waals surface area contributed by atoms with Crippen LogP contribution in [0.2, 0.25) is 0 Å². The molecule has 0 fully saturated rings. The summed E-state index contributed by atoms with van der Waals surface area (Å²) in [7, 11) is 0. The highest BCUT2D eigenvalue weighted by Crippen LogP contribution is 2.20. The van der Waals surface area contributed by atoms with Crippen molar-refractivity contribution in [2.45, 2.75) is 26.8 Å². The molecule has 4 heteroatoms. The molecule has 1 aromatic carbocycles. The Morgan fingerprint density at radius 2 is 2.15 bits per heavy atom. The molecule has 1 aromatic heterocycles. The van der Waals surface area contributed by atoms with Crippen molar-refractivity contribution in [2.75, 3.05) is 12.3 Å². The van der Waals surface area contributed by atoms with Crippen LogP contribution in [-0.4, -0.2) is 17.4 Å². The van der Waals surface area contributed by atoms with Crippen molar-refractivity contribution in [1.29, 1.82) is 0 Å². The van der Waals surface area contributed by atoms with Gasteiger partial charge in [-0.3, -0.25) is 4.79 Å². The molecule has 0 radical (unpaired) electrons. The minimum absolute atomic E-state index is 0.113. The van der Waals surface area contributed by atoms with Crippen molar-refractivity contribution >= 4 is 22.9 Å². The first-order chi connectivity index (χ1) is 9.61. The number of thiophene rings is 1. The third-order valence-electron chi connectivity index (χ3n) is 3.16. The van der Waals surface area contributed by atoms with E-state index in [4.69, 9.17) is 5.73 Å². The normalized spacial score (nSPS) is 10.5. The summed E-state index contributed by atoms with van der Waals surface area (Å²) >= 11 is 1.51. The molecule has 0 saturated heterocycles. The van der Waals surface area contributed by atoms with Crippen molar-refractivity contribution in [2.24, 2.45) is 0 Å². The van der Waals surface area contributed by atoms with E-state index in [9.17, 15) is 4.79 Å². The van der Waals surface area contributed by atoms with Gasteiger partial charge in [-0.05, 0) is 48.1 Å². The van der Waals surface area contributed by atoms with Gasteiger partial charge in [-0.25, -0.2) is 0 Å². The minimum Gasteiger partial charge on any atom is -0.399 e. The zero-order chi connectivity index (χ0) is 14.5. The average molecular weight is 288 g/mol. The van der Waals surface area contributed by atoms with Crippen LogP contribution in [0.4, 0.5) is 5.69 Å². The number of aryl methyl sites for hydroxylation is 1. The molecule has 2 rings (SSSR count). The summed E-state index contributed by atoms with van der Waals surface area (Å²) in [6, 6.07) is 9.71. The van der Waals surface area contributed by atoms with E-state index in [-0.39, 0.29) is 5.91 Å². The zero-order valence-corrected chi connectivity index (χ0v) is 12.7. The Morgan fingerprint density at radius 3 is 2.75 bits per heavy atom. The van der Waals surface area contributed by atoms with Gasteiger partial charge < -0.3 is 10.6 Å². The van der Waals surface area contributed by atoms with Crippen LogP contribution in [-0.2, 0) is 6.54 Å². The van der Waals surface area contributed by atoms with Gasteiger partial charge in [-0.15, -0.1) is 11.3 Å². The lowest BCUT2D eigenvalue weighted by molar-refractivity contribution is 0.0747.